The summed E-state index contributed by atoms with van der Waals surface area (Å²) in [6, 6.07) is 7.05. The lowest BCUT2D eigenvalue weighted by atomic mass is 9.91. The molecule has 164 valence electrons. The second-order valence-corrected chi connectivity index (χ2v) is 8.20. The maximum Gasteiger partial charge on any atom is 0.303 e. The Morgan fingerprint density at radius 1 is 0.933 bits per heavy atom. The highest BCUT2D eigenvalue weighted by Gasteiger charge is 2.48. The zero-order valence-corrected chi connectivity index (χ0v) is 18.4. The summed E-state index contributed by atoms with van der Waals surface area (Å²) in [5, 5.41) is -0.262. The topological polar surface area (TPSA) is 105 Å². The Morgan fingerprint density at radius 2 is 1.50 bits per heavy atom. The number of carbonyl (C=O) groups is 4. The molecule has 30 heavy (non-hydrogen) atoms. The molecule has 1 aliphatic rings. The van der Waals surface area contributed by atoms with Crippen molar-refractivity contribution in [2.45, 2.75) is 58.4 Å². The van der Waals surface area contributed by atoms with Crippen LogP contribution in [0.5, 0.6) is 0 Å². The minimum Gasteiger partial charge on any atom is -0.463 e. The maximum atomic E-state index is 12.8. The van der Waals surface area contributed by atoms with Crippen LogP contribution in [0, 0.1) is 12.8 Å². The first-order valence-corrected chi connectivity index (χ1v) is 10.4. The Bertz CT molecular complexity index is 789. The van der Waals surface area contributed by atoms with E-state index in [1.807, 2.05) is 19.1 Å². The molecule has 1 aliphatic heterocycles. The summed E-state index contributed by atoms with van der Waals surface area (Å²) in [5.41, 5.74) is 0.620. The van der Waals surface area contributed by atoms with Gasteiger partial charge < -0.3 is 18.9 Å². The monoisotopic (exact) mass is 438 g/mol. The molecular weight excluding hydrogens is 412 g/mol. The number of hydrogen-bond acceptors (Lipinski definition) is 9. The molecule has 0 saturated carbocycles. The van der Waals surface area contributed by atoms with E-state index in [0.717, 1.165) is 17.3 Å². The van der Waals surface area contributed by atoms with Crippen molar-refractivity contribution >= 4 is 34.8 Å². The molecule has 0 aromatic heterocycles. The molecule has 8 nitrogen and oxygen atoms in total. The standard InChI is InChI=1S/C21H26O8S/c1-11-6-8-16(9-7-11)20(25)30-21-19(28-15(5)24)12(2)18(27-14(4)23)17(29-21)10-26-13(3)22/h6-9,12,17-19,21H,10H2,1-5H3. The van der Waals surface area contributed by atoms with Gasteiger partial charge in [0.15, 0.2) is 0 Å². The zero-order valence-electron chi connectivity index (χ0n) is 17.6. The van der Waals surface area contributed by atoms with Gasteiger partial charge >= 0.3 is 17.9 Å². The average Bonchev–Trinajstić information content (AvgIpc) is 2.65. The maximum absolute atomic E-state index is 12.8. The summed E-state index contributed by atoms with van der Waals surface area (Å²) in [6.45, 7) is 7.23. The molecule has 0 radical (unpaired) electrons. The van der Waals surface area contributed by atoms with Crippen LogP contribution in [0.4, 0.5) is 0 Å². The van der Waals surface area contributed by atoms with Crippen LogP contribution in [0.3, 0.4) is 0 Å². The quantitative estimate of drug-likeness (QED) is 0.489. The van der Waals surface area contributed by atoms with Crippen LogP contribution in [0.25, 0.3) is 0 Å². The molecule has 5 unspecified atom stereocenters. The van der Waals surface area contributed by atoms with Crippen LogP contribution in [0.2, 0.25) is 0 Å². The highest BCUT2D eigenvalue weighted by atomic mass is 32.2. The van der Waals surface area contributed by atoms with Crippen LogP contribution in [0.15, 0.2) is 24.3 Å². The van der Waals surface area contributed by atoms with Gasteiger partial charge in [-0.25, -0.2) is 0 Å². The third-order valence-electron chi connectivity index (χ3n) is 4.55. The van der Waals surface area contributed by atoms with Crippen molar-refractivity contribution in [3.8, 4) is 0 Å². The second-order valence-electron chi connectivity index (χ2n) is 7.12. The Labute approximate surface area is 179 Å². The van der Waals surface area contributed by atoms with Gasteiger partial charge in [-0.05, 0) is 18.7 Å². The highest BCUT2D eigenvalue weighted by Crippen LogP contribution is 2.37. The normalized spacial score (nSPS) is 25.8. The Morgan fingerprint density at radius 3 is 2.03 bits per heavy atom. The lowest BCUT2D eigenvalue weighted by Crippen LogP contribution is -2.56. The molecule has 2 rings (SSSR count). The van der Waals surface area contributed by atoms with Gasteiger partial charge in [0, 0.05) is 32.3 Å². The lowest BCUT2D eigenvalue weighted by Gasteiger charge is -2.43. The van der Waals surface area contributed by atoms with Gasteiger partial charge in [0.2, 0.25) is 5.12 Å². The largest absolute Gasteiger partial charge is 0.463 e. The van der Waals surface area contributed by atoms with E-state index in [-0.39, 0.29) is 11.7 Å². The van der Waals surface area contributed by atoms with E-state index in [0.29, 0.717) is 5.56 Å². The highest BCUT2D eigenvalue weighted by molar-refractivity contribution is 8.14. The van der Waals surface area contributed by atoms with E-state index in [1.165, 1.54) is 20.8 Å². The van der Waals surface area contributed by atoms with E-state index < -0.39 is 47.6 Å². The number of rotatable bonds is 6. The smallest absolute Gasteiger partial charge is 0.303 e. The number of ether oxygens (including phenoxy) is 4. The van der Waals surface area contributed by atoms with Gasteiger partial charge in [-0.2, -0.15) is 0 Å². The second kappa shape index (κ2) is 10.6. The fraction of sp³-hybridized carbons (Fsp3) is 0.524. The van der Waals surface area contributed by atoms with Gasteiger partial charge in [-0.3, -0.25) is 19.2 Å². The molecular formula is C21H26O8S. The Hall–Kier alpha value is -2.39. The summed E-state index contributed by atoms with van der Waals surface area (Å²) < 4.78 is 21.8. The summed E-state index contributed by atoms with van der Waals surface area (Å²) in [4.78, 5) is 47.3. The number of carbonyl (C=O) groups excluding carboxylic acids is 4. The van der Waals surface area contributed by atoms with Gasteiger partial charge in [0.05, 0.1) is 0 Å². The number of benzene rings is 1. The van der Waals surface area contributed by atoms with Crippen molar-refractivity contribution in [2.75, 3.05) is 6.61 Å². The van der Waals surface area contributed by atoms with E-state index >= 15 is 0 Å². The van der Waals surface area contributed by atoms with Crippen molar-refractivity contribution in [1.29, 1.82) is 0 Å². The van der Waals surface area contributed by atoms with Gasteiger partial charge in [0.1, 0.15) is 30.4 Å². The summed E-state index contributed by atoms with van der Waals surface area (Å²) in [5.74, 6) is -2.12. The van der Waals surface area contributed by atoms with E-state index in [1.54, 1.807) is 19.1 Å². The SMILES string of the molecule is CC(=O)OCC1OC(SC(=O)c2ccc(C)cc2)C(OC(C)=O)C(C)C1OC(C)=O. The van der Waals surface area contributed by atoms with E-state index in [2.05, 4.69) is 0 Å². The van der Waals surface area contributed by atoms with Crippen LogP contribution < -0.4 is 0 Å². The summed E-state index contributed by atoms with van der Waals surface area (Å²) >= 11 is 0.873. The molecule has 1 fully saturated rings. The number of thioether (sulfide) groups is 1. The molecule has 5 atom stereocenters. The fourth-order valence-corrected chi connectivity index (χ4v) is 4.24. The van der Waals surface area contributed by atoms with Crippen molar-refractivity contribution < 1.29 is 38.1 Å². The first-order valence-electron chi connectivity index (χ1n) is 9.49. The van der Waals surface area contributed by atoms with Crippen LogP contribution in [-0.2, 0) is 33.3 Å². The number of esters is 3. The third-order valence-corrected chi connectivity index (χ3v) is 5.61. The van der Waals surface area contributed by atoms with E-state index in [9.17, 15) is 19.2 Å². The van der Waals surface area contributed by atoms with Gasteiger partial charge in [-0.1, -0.05) is 36.8 Å². The molecule has 1 aromatic rings. The molecule has 0 amide bonds. The minimum absolute atomic E-state index is 0.166. The molecule has 1 saturated heterocycles. The first-order chi connectivity index (χ1) is 14.1. The fourth-order valence-electron chi connectivity index (χ4n) is 3.12. The molecule has 0 bridgehead atoms. The summed E-state index contributed by atoms with van der Waals surface area (Å²) in [7, 11) is 0. The van der Waals surface area contributed by atoms with Crippen LogP contribution in [-0.4, -0.2) is 53.4 Å². The molecule has 0 aliphatic carbocycles. The number of hydrogen-bond donors (Lipinski definition) is 0. The van der Waals surface area contributed by atoms with Gasteiger partial charge in [0.25, 0.3) is 0 Å². The zero-order chi connectivity index (χ0) is 22.4. The molecule has 1 heterocycles. The van der Waals surface area contributed by atoms with Crippen molar-refractivity contribution in [3.63, 3.8) is 0 Å². The Kier molecular flexibility index (Phi) is 8.43. The third kappa shape index (κ3) is 6.56. The lowest BCUT2D eigenvalue weighted by molar-refractivity contribution is -0.211. The summed E-state index contributed by atoms with van der Waals surface area (Å²) in [6.07, 6.45) is -2.49. The van der Waals surface area contributed by atoms with Crippen molar-refractivity contribution in [1.82, 2.24) is 0 Å². The van der Waals surface area contributed by atoms with Crippen LogP contribution >= 0.6 is 11.8 Å². The minimum atomic E-state index is -0.870. The van der Waals surface area contributed by atoms with E-state index in [4.69, 9.17) is 18.9 Å². The molecule has 0 N–H and O–H groups in total. The predicted octanol–water partition coefficient (Wildman–Crippen LogP) is 2.66. The first kappa shape index (κ1) is 23.9. The van der Waals surface area contributed by atoms with Crippen molar-refractivity contribution in [2.24, 2.45) is 5.92 Å². The predicted molar refractivity (Wildman–Crippen MR) is 109 cm³/mol. The van der Waals surface area contributed by atoms with Gasteiger partial charge in [-0.15, -0.1) is 0 Å². The molecule has 1 aromatic carbocycles. The van der Waals surface area contributed by atoms with Crippen molar-refractivity contribution in [3.05, 3.63) is 35.4 Å². The number of aryl methyl sites for hydroxylation is 1. The molecule has 0 spiro atoms. The van der Waals surface area contributed by atoms with Crippen LogP contribution in [0.1, 0.15) is 43.6 Å². The Balaban J connectivity index is 2.28. The average molecular weight is 438 g/mol. The molecule has 9 heteroatoms.